The molecule has 0 aromatic rings. The number of carbonyl (C=O) groups excluding carboxylic acids is 1. The van der Waals surface area contributed by atoms with Crippen molar-refractivity contribution in [1.82, 2.24) is 5.32 Å². The minimum atomic E-state index is -2.55. The number of aliphatic hydroxyl groups excluding tert-OH is 1. The van der Waals surface area contributed by atoms with Crippen molar-refractivity contribution in [3.05, 3.63) is 0 Å². The van der Waals surface area contributed by atoms with Gasteiger partial charge in [0.15, 0.2) is 0 Å². The standard InChI is InChI=1S/C7H15NO3/c1-7(2,3)11-6(10)8-4-5-9/h9H,4-5H2,1-3H3,(H,8,10)/i1D,2D3. The van der Waals surface area contributed by atoms with Gasteiger partial charge in [-0.15, -0.1) is 0 Å². The molecule has 0 aromatic heterocycles. The van der Waals surface area contributed by atoms with E-state index in [4.69, 9.17) is 10.6 Å². The van der Waals surface area contributed by atoms with Gasteiger partial charge < -0.3 is 15.2 Å². The van der Waals surface area contributed by atoms with E-state index in [9.17, 15) is 4.79 Å². The van der Waals surface area contributed by atoms with Gasteiger partial charge in [-0.2, -0.15) is 0 Å². The van der Waals surface area contributed by atoms with E-state index in [2.05, 4.69) is 10.1 Å². The molecule has 1 atom stereocenters. The molecule has 0 heterocycles. The Hall–Kier alpha value is -0.770. The average molecular weight is 165 g/mol. The van der Waals surface area contributed by atoms with Gasteiger partial charge in [0.2, 0.25) is 0 Å². The molecule has 0 aliphatic heterocycles. The molecule has 4 heteroatoms. The van der Waals surface area contributed by atoms with Crippen LogP contribution in [-0.4, -0.2) is 30.0 Å². The minimum absolute atomic E-state index is 0.0199. The zero-order chi connectivity index (χ0) is 12.1. The van der Waals surface area contributed by atoms with Crippen LogP contribution < -0.4 is 5.32 Å². The number of hydrogen-bond donors (Lipinski definition) is 2. The second-order valence-corrected chi connectivity index (χ2v) is 2.27. The second kappa shape index (κ2) is 4.18. The number of nitrogens with one attached hydrogen (secondary N) is 1. The highest BCUT2D eigenvalue weighted by Gasteiger charge is 2.14. The van der Waals surface area contributed by atoms with E-state index in [0.29, 0.717) is 0 Å². The van der Waals surface area contributed by atoms with Crippen molar-refractivity contribution in [2.45, 2.75) is 26.3 Å². The van der Waals surface area contributed by atoms with Gasteiger partial charge in [0.1, 0.15) is 5.60 Å². The molecule has 0 bridgehead atoms. The van der Waals surface area contributed by atoms with E-state index in [1.807, 2.05) is 0 Å². The van der Waals surface area contributed by atoms with Gasteiger partial charge in [0.05, 0.1) is 6.61 Å². The van der Waals surface area contributed by atoms with Crippen LogP contribution in [-0.2, 0) is 4.74 Å². The summed E-state index contributed by atoms with van der Waals surface area (Å²) in [4.78, 5) is 11.0. The summed E-state index contributed by atoms with van der Waals surface area (Å²) in [6.45, 7) is -2.22. The number of alkyl carbamates (subject to hydrolysis) is 1. The molecule has 0 aliphatic rings. The molecule has 0 saturated heterocycles. The Morgan fingerprint density at radius 3 is 3.09 bits per heavy atom. The van der Waals surface area contributed by atoms with E-state index in [1.165, 1.54) is 6.92 Å². The molecule has 2 N–H and O–H groups in total. The van der Waals surface area contributed by atoms with Gasteiger partial charge in [0.25, 0.3) is 0 Å². The Morgan fingerprint density at radius 2 is 2.64 bits per heavy atom. The molecule has 0 saturated carbocycles. The average Bonchev–Trinajstić information content (AvgIpc) is 2.12. The van der Waals surface area contributed by atoms with Crippen LogP contribution in [0.2, 0.25) is 0 Å². The fourth-order valence-corrected chi connectivity index (χ4v) is 0.399. The molecule has 0 aliphatic carbocycles. The van der Waals surface area contributed by atoms with Crippen LogP contribution in [0.4, 0.5) is 4.79 Å². The SMILES string of the molecule is [2H]CC(C)(OC(=O)NCCO)C([2H])([2H])[2H]. The van der Waals surface area contributed by atoms with Gasteiger partial charge in [-0.25, -0.2) is 4.79 Å². The maximum Gasteiger partial charge on any atom is 0.407 e. The molecular formula is C7H15NO3. The lowest BCUT2D eigenvalue weighted by molar-refractivity contribution is 0.0518. The molecule has 11 heavy (non-hydrogen) atoms. The molecule has 0 aromatic carbocycles. The molecular weight excluding hydrogens is 146 g/mol. The van der Waals surface area contributed by atoms with Crippen LogP contribution in [0.1, 0.15) is 26.2 Å². The van der Waals surface area contributed by atoms with E-state index >= 15 is 0 Å². The molecule has 0 fully saturated rings. The first-order chi connectivity index (χ1) is 6.77. The number of ether oxygens (including phenoxy) is 1. The molecule has 1 amide bonds. The Kier molecular flexibility index (Phi) is 1.89. The van der Waals surface area contributed by atoms with E-state index < -0.39 is 25.4 Å². The molecule has 0 radical (unpaired) electrons. The van der Waals surface area contributed by atoms with Gasteiger partial charge in [-0.1, -0.05) is 0 Å². The summed E-state index contributed by atoms with van der Waals surface area (Å²) in [5.74, 6) is 0. The predicted molar refractivity (Wildman–Crippen MR) is 41.3 cm³/mol. The zero-order valence-corrected chi connectivity index (χ0v) is 6.39. The molecule has 4 nitrogen and oxygen atoms in total. The fourth-order valence-electron chi connectivity index (χ4n) is 0.399. The van der Waals surface area contributed by atoms with E-state index in [1.54, 1.807) is 0 Å². The van der Waals surface area contributed by atoms with Crippen LogP contribution in [0, 0.1) is 0 Å². The molecule has 0 rings (SSSR count). The van der Waals surface area contributed by atoms with Crippen molar-refractivity contribution in [3.8, 4) is 0 Å². The highest BCUT2D eigenvalue weighted by Crippen LogP contribution is 2.05. The van der Waals surface area contributed by atoms with E-state index in [0.717, 1.165) is 0 Å². The smallest absolute Gasteiger partial charge is 0.407 e. The monoisotopic (exact) mass is 165 g/mol. The summed E-state index contributed by atoms with van der Waals surface area (Å²) < 4.78 is 33.1. The number of rotatable bonds is 2. The fraction of sp³-hybridized carbons (Fsp3) is 0.857. The van der Waals surface area contributed by atoms with Crippen LogP contribution in [0.15, 0.2) is 0 Å². The lowest BCUT2D eigenvalue weighted by Crippen LogP contribution is -2.33. The Labute approximate surface area is 72.2 Å². The number of aliphatic hydroxyl groups is 1. The van der Waals surface area contributed by atoms with Crippen molar-refractivity contribution >= 4 is 6.09 Å². The van der Waals surface area contributed by atoms with Gasteiger partial charge in [-0.3, -0.25) is 0 Å². The number of amides is 1. The predicted octanol–water partition coefficient (Wildman–Crippen LogP) is 0.503. The van der Waals surface area contributed by atoms with Crippen LogP contribution >= 0.6 is 0 Å². The summed E-state index contributed by atoms with van der Waals surface area (Å²) in [5.41, 5.74) is -1.83. The second-order valence-electron chi connectivity index (χ2n) is 2.27. The number of carbonyl (C=O) groups is 1. The van der Waals surface area contributed by atoms with Crippen molar-refractivity contribution in [1.29, 1.82) is 0 Å². The van der Waals surface area contributed by atoms with Crippen molar-refractivity contribution < 1.29 is 20.1 Å². The topological polar surface area (TPSA) is 58.6 Å². The lowest BCUT2D eigenvalue weighted by Gasteiger charge is -2.19. The molecule has 0 spiro atoms. The van der Waals surface area contributed by atoms with Gasteiger partial charge >= 0.3 is 6.09 Å². The quantitative estimate of drug-likeness (QED) is 0.626. The third-order valence-corrected chi connectivity index (χ3v) is 0.699. The van der Waals surface area contributed by atoms with E-state index in [-0.39, 0.29) is 13.2 Å². The Bertz CT molecular complexity index is 221. The van der Waals surface area contributed by atoms with Crippen molar-refractivity contribution in [2.75, 3.05) is 13.2 Å². The van der Waals surface area contributed by atoms with Gasteiger partial charge in [0, 0.05) is 12.0 Å². The van der Waals surface area contributed by atoms with Crippen LogP contribution in [0.25, 0.3) is 0 Å². The van der Waals surface area contributed by atoms with Crippen molar-refractivity contribution in [3.63, 3.8) is 0 Å². The minimum Gasteiger partial charge on any atom is -0.444 e. The first-order valence-corrected chi connectivity index (χ1v) is 3.14. The normalized spacial score (nSPS) is 21.6. The summed E-state index contributed by atoms with van der Waals surface area (Å²) in [6, 6.07) is 0. The Balaban J connectivity index is 4.38. The first-order valence-electron chi connectivity index (χ1n) is 5.34. The molecule has 1 unspecified atom stereocenters. The number of hydrogen-bond acceptors (Lipinski definition) is 3. The maximum absolute atomic E-state index is 11.0. The highest BCUT2D eigenvalue weighted by molar-refractivity contribution is 5.67. The highest BCUT2D eigenvalue weighted by atomic mass is 16.6. The summed E-state index contributed by atoms with van der Waals surface area (Å²) >= 11 is 0. The van der Waals surface area contributed by atoms with Crippen molar-refractivity contribution in [2.24, 2.45) is 0 Å². The third-order valence-electron chi connectivity index (χ3n) is 0.699. The summed E-state index contributed by atoms with van der Waals surface area (Å²) in [5, 5.41) is 10.6. The van der Waals surface area contributed by atoms with Crippen LogP contribution in [0.5, 0.6) is 0 Å². The van der Waals surface area contributed by atoms with Gasteiger partial charge in [-0.05, 0) is 20.7 Å². The maximum atomic E-state index is 11.0. The first kappa shape index (κ1) is 4.98. The molecule has 66 valence electrons. The Morgan fingerprint density at radius 1 is 1.91 bits per heavy atom. The summed E-state index contributed by atoms with van der Waals surface area (Å²) in [7, 11) is 0. The zero-order valence-electron chi connectivity index (χ0n) is 10.4. The van der Waals surface area contributed by atoms with Crippen LogP contribution in [0.3, 0.4) is 0 Å². The lowest BCUT2D eigenvalue weighted by atomic mass is 10.2. The summed E-state index contributed by atoms with van der Waals surface area (Å²) in [6.07, 6.45) is -0.949. The largest absolute Gasteiger partial charge is 0.444 e. The third kappa shape index (κ3) is 7.12.